The minimum Gasteiger partial charge on any atom is -0.448 e. The van der Waals surface area contributed by atoms with E-state index in [0.29, 0.717) is 16.5 Å². The topological polar surface area (TPSA) is 90.3 Å². The molecule has 1 aromatic heterocycles. The lowest BCUT2D eigenvalue weighted by Gasteiger charge is -2.14. The van der Waals surface area contributed by atoms with Crippen LogP contribution in [-0.2, 0) is 9.53 Å². The lowest BCUT2D eigenvalue weighted by atomic mass is 10.1. The van der Waals surface area contributed by atoms with E-state index >= 15 is 0 Å². The Kier molecular flexibility index (Phi) is 5.64. The van der Waals surface area contributed by atoms with Gasteiger partial charge in [-0.1, -0.05) is 42.5 Å². The van der Waals surface area contributed by atoms with Gasteiger partial charge in [0, 0.05) is 11.9 Å². The molecule has 0 unspecified atom stereocenters. The molecular weight excluding hydrogens is 358 g/mol. The number of rotatable bonds is 6. The van der Waals surface area contributed by atoms with Crippen LogP contribution in [0, 0.1) is 0 Å². The first-order chi connectivity index (χ1) is 13.5. The molecule has 0 saturated carbocycles. The van der Waals surface area contributed by atoms with Crippen molar-refractivity contribution in [2.45, 2.75) is 13.0 Å². The average Bonchev–Trinajstić information content (AvgIpc) is 2.73. The van der Waals surface area contributed by atoms with Crippen molar-refractivity contribution >= 4 is 22.6 Å². The summed E-state index contributed by atoms with van der Waals surface area (Å²) in [7, 11) is 0. The van der Waals surface area contributed by atoms with Crippen molar-refractivity contribution in [1.82, 2.24) is 15.1 Å². The van der Waals surface area contributed by atoms with Gasteiger partial charge in [0.1, 0.15) is 0 Å². The average molecular weight is 377 g/mol. The SMILES string of the molecule is C=CCNC(=O)[C@@H](C)OC(=O)c1nn(-c2ccccc2)c(=O)c2ccccc12. The van der Waals surface area contributed by atoms with Gasteiger partial charge in [-0.05, 0) is 25.1 Å². The summed E-state index contributed by atoms with van der Waals surface area (Å²) >= 11 is 0. The fraction of sp³-hybridized carbons (Fsp3) is 0.143. The predicted octanol–water partition coefficient (Wildman–Crippen LogP) is 2.23. The van der Waals surface area contributed by atoms with Crippen molar-refractivity contribution in [3.63, 3.8) is 0 Å². The van der Waals surface area contributed by atoms with Crippen molar-refractivity contribution in [2.24, 2.45) is 0 Å². The monoisotopic (exact) mass is 377 g/mol. The second-order valence-electron chi connectivity index (χ2n) is 6.03. The molecule has 28 heavy (non-hydrogen) atoms. The van der Waals surface area contributed by atoms with E-state index in [0.717, 1.165) is 4.68 Å². The maximum absolute atomic E-state index is 12.8. The first kappa shape index (κ1) is 19.0. The molecule has 1 N–H and O–H groups in total. The maximum Gasteiger partial charge on any atom is 0.360 e. The highest BCUT2D eigenvalue weighted by Gasteiger charge is 2.23. The van der Waals surface area contributed by atoms with Crippen LogP contribution in [0.2, 0.25) is 0 Å². The summed E-state index contributed by atoms with van der Waals surface area (Å²) < 4.78 is 6.43. The van der Waals surface area contributed by atoms with Gasteiger partial charge < -0.3 is 10.1 Å². The number of nitrogens with one attached hydrogen (secondary N) is 1. The zero-order valence-corrected chi connectivity index (χ0v) is 15.3. The quantitative estimate of drug-likeness (QED) is 0.526. The minimum atomic E-state index is -1.02. The van der Waals surface area contributed by atoms with Crippen LogP contribution in [0.1, 0.15) is 17.4 Å². The first-order valence-electron chi connectivity index (χ1n) is 8.70. The second-order valence-corrected chi connectivity index (χ2v) is 6.03. The smallest absolute Gasteiger partial charge is 0.360 e. The number of hydrogen-bond acceptors (Lipinski definition) is 5. The van der Waals surface area contributed by atoms with Crippen molar-refractivity contribution < 1.29 is 14.3 Å². The Balaban J connectivity index is 2.04. The van der Waals surface area contributed by atoms with E-state index in [1.165, 1.54) is 13.0 Å². The molecule has 7 nitrogen and oxygen atoms in total. The molecule has 3 aromatic rings. The van der Waals surface area contributed by atoms with Crippen LogP contribution in [0.15, 0.2) is 72.0 Å². The molecular formula is C21H19N3O4. The number of amides is 1. The second kappa shape index (κ2) is 8.30. The largest absolute Gasteiger partial charge is 0.448 e. The van der Waals surface area contributed by atoms with E-state index in [2.05, 4.69) is 17.0 Å². The Morgan fingerprint density at radius 1 is 1.14 bits per heavy atom. The number of nitrogens with zero attached hydrogens (tertiary/aromatic N) is 2. The molecule has 2 aromatic carbocycles. The molecule has 1 atom stereocenters. The van der Waals surface area contributed by atoms with Crippen LogP contribution in [0.3, 0.4) is 0 Å². The highest BCUT2D eigenvalue weighted by Crippen LogP contribution is 2.16. The zero-order valence-electron chi connectivity index (χ0n) is 15.3. The predicted molar refractivity (Wildman–Crippen MR) is 105 cm³/mol. The van der Waals surface area contributed by atoms with Gasteiger partial charge in [-0.3, -0.25) is 9.59 Å². The van der Waals surface area contributed by atoms with Gasteiger partial charge in [-0.25, -0.2) is 4.79 Å². The van der Waals surface area contributed by atoms with Crippen LogP contribution in [0.25, 0.3) is 16.5 Å². The summed E-state index contributed by atoms with van der Waals surface area (Å²) in [6.07, 6.45) is 0.502. The number of esters is 1. The van der Waals surface area contributed by atoms with Crippen LogP contribution in [0.5, 0.6) is 0 Å². The van der Waals surface area contributed by atoms with Crippen LogP contribution in [0.4, 0.5) is 0 Å². The summed E-state index contributed by atoms with van der Waals surface area (Å²) in [6, 6.07) is 15.4. The van der Waals surface area contributed by atoms with E-state index in [9.17, 15) is 14.4 Å². The Labute approximate surface area is 161 Å². The number of carbonyl (C=O) groups is 2. The summed E-state index contributed by atoms with van der Waals surface area (Å²) in [5.74, 6) is -1.24. The van der Waals surface area contributed by atoms with Gasteiger partial charge in [0.25, 0.3) is 11.5 Å². The third-order valence-electron chi connectivity index (χ3n) is 4.07. The standard InChI is InChI=1S/C21H19N3O4/c1-3-13-22-19(25)14(2)28-21(27)18-16-11-7-8-12-17(16)20(26)24(23-18)15-9-5-4-6-10-15/h3-12,14H,1,13H2,2H3,(H,22,25)/t14-/m1/s1. The Morgan fingerprint density at radius 3 is 2.46 bits per heavy atom. The number of carbonyl (C=O) groups excluding carboxylic acids is 2. The first-order valence-corrected chi connectivity index (χ1v) is 8.70. The lowest BCUT2D eigenvalue weighted by Crippen LogP contribution is -2.36. The van der Waals surface area contributed by atoms with Gasteiger partial charge in [0.15, 0.2) is 11.8 Å². The van der Waals surface area contributed by atoms with Crippen molar-refractivity contribution in [1.29, 1.82) is 0 Å². The van der Waals surface area contributed by atoms with Crippen LogP contribution < -0.4 is 10.9 Å². The summed E-state index contributed by atoms with van der Waals surface area (Å²) in [5, 5.41) is 7.48. The van der Waals surface area contributed by atoms with E-state index in [4.69, 9.17) is 4.74 Å². The number of ether oxygens (including phenoxy) is 1. The molecule has 0 radical (unpaired) electrons. The minimum absolute atomic E-state index is 0.0394. The van der Waals surface area contributed by atoms with Gasteiger partial charge in [0.05, 0.1) is 11.1 Å². The summed E-state index contributed by atoms with van der Waals surface area (Å²) in [4.78, 5) is 37.5. The van der Waals surface area contributed by atoms with Gasteiger partial charge in [-0.15, -0.1) is 6.58 Å². The zero-order chi connectivity index (χ0) is 20.1. The van der Waals surface area contributed by atoms with Gasteiger partial charge in [0.2, 0.25) is 0 Å². The van der Waals surface area contributed by atoms with Crippen molar-refractivity contribution in [3.8, 4) is 5.69 Å². The van der Waals surface area contributed by atoms with E-state index in [1.54, 1.807) is 48.5 Å². The third kappa shape index (κ3) is 3.83. The summed E-state index contributed by atoms with van der Waals surface area (Å²) in [5.41, 5.74) is 0.127. The Hall–Kier alpha value is -3.74. The van der Waals surface area contributed by atoms with E-state index in [1.807, 2.05) is 6.07 Å². The molecule has 0 aliphatic rings. The van der Waals surface area contributed by atoms with E-state index < -0.39 is 18.0 Å². The number of fused-ring (bicyclic) bond motifs is 1. The molecule has 3 rings (SSSR count). The molecule has 0 bridgehead atoms. The summed E-state index contributed by atoms with van der Waals surface area (Å²) in [6.45, 7) is 5.25. The number of aromatic nitrogens is 2. The lowest BCUT2D eigenvalue weighted by molar-refractivity contribution is -0.128. The Bertz CT molecular complexity index is 1090. The number of para-hydroxylation sites is 1. The molecule has 0 fully saturated rings. The molecule has 0 spiro atoms. The highest BCUT2D eigenvalue weighted by molar-refractivity contribution is 6.03. The molecule has 0 saturated heterocycles. The van der Waals surface area contributed by atoms with Crippen molar-refractivity contribution in [3.05, 3.63) is 83.3 Å². The van der Waals surface area contributed by atoms with Crippen LogP contribution >= 0.6 is 0 Å². The van der Waals surface area contributed by atoms with Crippen LogP contribution in [-0.4, -0.2) is 34.3 Å². The fourth-order valence-electron chi connectivity index (χ4n) is 2.67. The molecule has 1 heterocycles. The third-order valence-corrected chi connectivity index (χ3v) is 4.07. The number of hydrogen-bond donors (Lipinski definition) is 1. The number of benzene rings is 2. The Morgan fingerprint density at radius 2 is 1.79 bits per heavy atom. The maximum atomic E-state index is 12.8. The molecule has 142 valence electrons. The molecule has 0 aliphatic carbocycles. The molecule has 1 amide bonds. The highest BCUT2D eigenvalue weighted by atomic mass is 16.5. The molecule has 0 aliphatic heterocycles. The van der Waals surface area contributed by atoms with Crippen molar-refractivity contribution in [2.75, 3.05) is 6.54 Å². The normalized spacial score (nSPS) is 11.6. The molecule has 7 heteroatoms. The van der Waals surface area contributed by atoms with Gasteiger partial charge >= 0.3 is 5.97 Å². The van der Waals surface area contributed by atoms with E-state index in [-0.39, 0.29) is 17.8 Å². The van der Waals surface area contributed by atoms with Gasteiger partial charge in [-0.2, -0.15) is 9.78 Å². The fourth-order valence-corrected chi connectivity index (χ4v) is 2.67.